The fraction of sp³-hybridized carbons (Fsp3) is 0.385. The Kier molecular flexibility index (Phi) is 4.55. The predicted molar refractivity (Wildman–Crippen MR) is 81.4 cm³/mol. The summed E-state index contributed by atoms with van der Waals surface area (Å²) >= 11 is 0. The number of sulfonamides is 1. The molecule has 22 heavy (non-hydrogen) atoms. The molecule has 1 aliphatic heterocycles. The van der Waals surface area contributed by atoms with E-state index in [0.717, 1.165) is 0 Å². The molecule has 2 amide bonds. The Morgan fingerprint density at radius 1 is 1.27 bits per heavy atom. The van der Waals surface area contributed by atoms with E-state index in [1.807, 2.05) is 0 Å². The van der Waals surface area contributed by atoms with Crippen molar-refractivity contribution in [3.8, 4) is 5.75 Å². The smallest absolute Gasteiger partial charge is 0.313 e. The summed E-state index contributed by atoms with van der Waals surface area (Å²) in [7, 11) is -0.548. The predicted octanol–water partition coefficient (Wildman–Crippen LogP) is -0.0804. The zero-order valence-electron chi connectivity index (χ0n) is 12.3. The second-order valence-corrected chi connectivity index (χ2v) is 6.67. The molecule has 0 radical (unpaired) electrons. The summed E-state index contributed by atoms with van der Waals surface area (Å²) in [5.74, 6) is -1.22. The number of carbonyl (C=O) groups is 2. The van der Waals surface area contributed by atoms with Crippen LogP contribution in [-0.4, -0.2) is 46.7 Å². The molecule has 0 atom stereocenters. The van der Waals surface area contributed by atoms with Crippen LogP contribution >= 0.6 is 0 Å². The Labute approximate surface area is 128 Å². The number of nitrogens with one attached hydrogen (secondary N) is 2. The SMILES string of the molecule is CNC(=O)C(=O)Nc1ccc(N2CCCS2(=O)=O)cc1OC. The molecule has 0 saturated carbocycles. The number of benzene rings is 1. The molecule has 1 aromatic rings. The van der Waals surface area contributed by atoms with Crippen molar-refractivity contribution in [2.24, 2.45) is 0 Å². The van der Waals surface area contributed by atoms with Gasteiger partial charge >= 0.3 is 11.8 Å². The summed E-state index contributed by atoms with van der Waals surface area (Å²) in [6, 6.07) is 4.58. The van der Waals surface area contributed by atoms with Crippen molar-refractivity contribution in [2.75, 3.05) is 36.1 Å². The molecule has 2 N–H and O–H groups in total. The van der Waals surface area contributed by atoms with E-state index in [9.17, 15) is 18.0 Å². The van der Waals surface area contributed by atoms with Crippen LogP contribution in [0.15, 0.2) is 18.2 Å². The highest BCUT2D eigenvalue weighted by Gasteiger charge is 2.29. The third-order valence-corrected chi connectivity index (χ3v) is 5.12. The lowest BCUT2D eigenvalue weighted by Gasteiger charge is -2.19. The molecular weight excluding hydrogens is 310 g/mol. The van der Waals surface area contributed by atoms with Gasteiger partial charge in [-0.15, -0.1) is 0 Å². The van der Waals surface area contributed by atoms with E-state index in [4.69, 9.17) is 4.74 Å². The maximum absolute atomic E-state index is 11.9. The van der Waals surface area contributed by atoms with Gasteiger partial charge in [-0.3, -0.25) is 13.9 Å². The molecule has 1 saturated heterocycles. The molecule has 0 spiro atoms. The van der Waals surface area contributed by atoms with Crippen LogP contribution in [0.5, 0.6) is 5.75 Å². The van der Waals surface area contributed by atoms with Crippen LogP contribution in [-0.2, 0) is 19.6 Å². The Bertz CT molecular complexity index is 702. The highest BCUT2D eigenvalue weighted by atomic mass is 32.2. The van der Waals surface area contributed by atoms with E-state index in [-0.39, 0.29) is 17.2 Å². The first-order valence-electron chi connectivity index (χ1n) is 6.60. The number of likely N-dealkylation sites (N-methyl/N-ethyl adjacent to an activating group) is 1. The molecule has 2 rings (SSSR count). The number of anilines is 2. The van der Waals surface area contributed by atoms with E-state index in [1.165, 1.54) is 30.6 Å². The summed E-state index contributed by atoms with van der Waals surface area (Å²) in [6.45, 7) is 0.412. The molecular formula is C13H17N3O5S. The summed E-state index contributed by atoms with van der Waals surface area (Å²) in [6.07, 6.45) is 0.569. The van der Waals surface area contributed by atoms with Gasteiger partial charge in [0.25, 0.3) is 0 Å². The highest BCUT2D eigenvalue weighted by molar-refractivity contribution is 7.93. The summed E-state index contributed by atoms with van der Waals surface area (Å²) < 4.78 is 30.3. The lowest BCUT2D eigenvalue weighted by Crippen LogP contribution is -2.32. The van der Waals surface area contributed by atoms with Gasteiger partial charge in [-0.2, -0.15) is 0 Å². The molecule has 1 heterocycles. The Morgan fingerprint density at radius 3 is 2.55 bits per heavy atom. The van der Waals surface area contributed by atoms with Gasteiger partial charge in [0.2, 0.25) is 10.0 Å². The van der Waals surface area contributed by atoms with Crippen molar-refractivity contribution in [1.82, 2.24) is 5.32 Å². The Hall–Kier alpha value is -2.29. The van der Waals surface area contributed by atoms with Crippen LogP contribution in [0.1, 0.15) is 6.42 Å². The van der Waals surface area contributed by atoms with Crippen molar-refractivity contribution in [3.05, 3.63) is 18.2 Å². The fourth-order valence-corrected chi connectivity index (χ4v) is 3.72. The minimum atomic E-state index is -3.29. The van der Waals surface area contributed by atoms with Crippen molar-refractivity contribution in [1.29, 1.82) is 0 Å². The third kappa shape index (κ3) is 3.14. The van der Waals surface area contributed by atoms with E-state index >= 15 is 0 Å². The van der Waals surface area contributed by atoms with Gasteiger partial charge in [-0.1, -0.05) is 0 Å². The second kappa shape index (κ2) is 6.22. The first kappa shape index (κ1) is 16.1. The maximum atomic E-state index is 11.9. The molecule has 120 valence electrons. The van der Waals surface area contributed by atoms with Crippen LogP contribution in [0.25, 0.3) is 0 Å². The first-order valence-corrected chi connectivity index (χ1v) is 8.21. The number of rotatable bonds is 3. The van der Waals surface area contributed by atoms with Gasteiger partial charge in [0.1, 0.15) is 5.75 Å². The zero-order valence-corrected chi connectivity index (χ0v) is 13.1. The van der Waals surface area contributed by atoms with Crippen LogP contribution < -0.4 is 19.7 Å². The molecule has 0 bridgehead atoms. The molecule has 9 heteroatoms. The van der Waals surface area contributed by atoms with Crippen molar-refractivity contribution in [3.63, 3.8) is 0 Å². The average molecular weight is 327 g/mol. The topological polar surface area (TPSA) is 105 Å². The number of hydrogen-bond acceptors (Lipinski definition) is 5. The standard InChI is InChI=1S/C13H17N3O5S/c1-14-12(17)13(18)15-10-5-4-9(8-11(10)21-2)16-6-3-7-22(16,19)20/h4-5,8H,3,6-7H2,1-2H3,(H,14,17)(H,15,18). The van der Waals surface area contributed by atoms with Crippen LogP contribution in [0.4, 0.5) is 11.4 Å². The number of nitrogens with zero attached hydrogens (tertiary/aromatic N) is 1. The third-order valence-electron chi connectivity index (χ3n) is 3.25. The van der Waals surface area contributed by atoms with Crippen molar-refractivity contribution in [2.45, 2.75) is 6.42 Å². The number of ether oxygens (including phenoxy) is 1. The zero-order chi connectivity index (χ0) is 16.3. The van der Waals surface area contributed by atoms with E-state index in [2.05, 4.69) is 10.6 Å². The van der Waals surface area contributed by atoms with Gasteiger partial charge in [0, 0.05) is 19.7 Å². The monoisotopic (exact) mass is 327 g/mol. The minimum Gasteiger partial charge on any atom is -0.494 e. The van der Waals surface area contributed by atoms with E-state index < -0.39 is 21.8 Å². The first-order chi connectivity index (χ1) is 10.4. The van der Waals surface area contributed by atoms with Gasteiger partial charge in [-0.25, -0.2) is 8.42 Å². The Balaban J connectivity index is 2.29. The number of hydrogen-bond donors (Lipinski definition) is 2. The van der Waals surface area contributed by atoms with Gasteiger partial charge in [0.05, 0.1) is 24.2 Å². The Morgan fingerprint density at radius 2 is 2.00 bits per heavy atom. The van der Waals surface area contributed by atoms with Crippen molar-refractivity contribution >= 4 is 33.2 Å². The number of amides is 2. The molecule has 0 unspecified atom stereocenters. The lowest BCUT2D eigenvalue weighted by atomic mass is 10.2. The quantitative estimate of drug-likeness (QED) is 0.756. The van der Waals surface area contributed by atoms with Crippen LogP contribution in [0.3, 0.4) is 0 Å². The number of methoxy groups -OCH3 is 1. The summed E-state index contributed by atoms with van der Waals surface area (Å²) in [4.78, 5) is 22.8. The summed E-state index contributed by atoms with van der Waals surface area (Å²) in [5, 5.41) is 4.62. The van der Waals surface area contributed by atoms with Gasteiger partial charge < -0.3 is 15.4 Å². The molecule has 0 aromatic heterocycles. The second-order valence-electron chi connectivity index (χ2n) is 4.66. The van der Waals surface area contributed by atoms with Crippen LogP contribution in [0, 0.1) is 0 Å². The molecule has 1 aliphatic rings. The molecule has 1 aromatic carbocycles. The lowest BCUT2D eigenvalue weighted by molar-refractivity contribution is -0.135. The van der Waals surface area contributed by atoms with Gasteiger partial charge in [-0.05, 0) is 18.6 Å². The molecule has 1 fully saturated rings. The highest BCUT2D eigenvalue weighted by Crippen LogP contribution is 2.32. The fourth-order valence-electron chi connectivity index (χ4n) is 2.16. The normalized spacial score (nSPS) is 16.2. The molecule has 8 nitrogen and oxygen atoms in total. The van der Waals surface area contributed by atoms with Crippen molar-refractivity contribution < 1.29 is 22.7 Å². The van der Waals surface area contributed by atoms with Gasteiger partial charge in [0.15, 0.2) is 0 Å². The minimum absolute atomic E-state index is 0.116. The molecule has 0 aliphatic carbocycles. The average Bonchev–Trinajstić information content (AvgIpc) is 2.86. The van der Waals surface area contributed by atoms with Crippen LogP contribution in [0.2, 0.25) is 0 Å². The largest absolute Gasteiger partial charge is 0.494 e. The summed E-state index contributed by atoms with van der Waals surface area (Å²) in [5.41, 5.74) is 0.753. The van der Waals surface area contributed by atoms with E-state index in [0.29, 0.717) is 18.7 Å². The number of carbonyl (C=O) groups excluding carboxylic acids is 2. The van der Waals surface area contributed by atoms with E-state index in [1.54, 1.807) is 6.07 Å². The maximum Gasteiger partial charge on any atom is 0.313 e.